The van der Waals surface area contributed by atoms with Crippen molar-refractivity contribution in [3.05, 3.63) is 30.3 Å². The number of carbonyl (C=O) groups is 2. The van der Waals surface area contributed by atoms with Crippen molar-refractivity contribution in [2.75, 3.05) is 57.4 Å². The summed E-state index contributed by atoms with van der Waals surface area (Å²) in [5, 5.41) is 9.21. The molecular weight excluding hydrogens is 496 g/mol. The van der Waals surface area contributed by atoms with E-state index in [4.69, 9.17) is 4.74 Å². The van der Waals surface area contributed by atoms with E-state index >= 15 is 0 Å². The number of piperazine rings is 1. The number of carbonyl (C=O) groups excluding carboxylic acids is 2. The minimum atomic E-state index is -3.92. The summed E-state index contributed by atoms with van der Waals surface area (Å²) < 4.78 is 31.9. The summed E-state index contributed by atoms with van der Waals surface area (Å²) >= 11 is 0. The molecule has 3 aliphatic rings. The fourth-order valence-corrected chi connectivity index (χ4v) is 7.96. The number of nitrogens with one attached hydrogen (secondary N) is 1. The predicted molar refractivity (Wildman–Crippen MR) is 140 cm³/mol. The number of para-hydroxylation sites is 1. The molecule has 4 rings (SSSR count). The SMILES string of the molecule is O=C(CCCCC1CCN(S(=O)(=O)C2(C(=O)NO)CCOCC2)CC1)N1CCN(c2ccccc2)CC1. The molecule has 0 unspecified atom stereocenters. The molecular formula is C26H40N4O6S. The summed E-state index contributed by atoms with van der Waals surface area (Å²) in [4.78, 5) is 29.4. The van der Waals surface area contributed by atoms with Crippen LogP contribution in [0, 0.1) is 5.92 Å². The second kappa shape index (κ2) is 12.6. The molecule has 11 heteroatoms. The van der Waals surface area contributed by atoms with E-state index in [9.17, 15) is 23.2 Å². The van der Waals surface area contributed by atoms with Crippen molar-refractivity contribution in [1.29, 1.82) is 0 Å². The Morgan fingerprint density at radius 3 is 2.24 bits per heavy atom. The Balaban J connectivity index is 1.16. The van der Waals surface area contributed by atoms with Crippen LogP contribution < -0.4 is 10.4 Å². The minimum absolute atomic E-state index is 0.0387. The Morgan fingerprint density at radius 1 is 0.973 bits per heavy atom. The highest BCUT2D eigenvalue weighted by atomic mass is 32.2. The predicted octanol–water partition coefficient (Wildman–Crippen LogP) is 1.99. The summed E-state index contributed by atoms with van der Waals surface area (Å²) in [5.74, 6) is -0.241. The maximum Gasteiger partial charge on any atom is 0.266 e. The molecule has 0 spiro atoms. The normalized spacial score (nSPS) is 21.5. The van der Waals surface area contributed by atoms with Crippen LogP contribution in [0.2, 0.25) is 0 Å². The van der Waals surface area contributed by atoms with Crippen molar-refractivity contribution < 1.29 is 28.0 Å². The maximum absolute atomic E-state index is 13.4. The van der Waals surface area contributed by atoms with Crippen LogP contribution in [-0.2, 0) is 24.3 Å². The number of hydroxylamine groups is 1. The van der Waals surface area contributed by atoms with Crippen LogP contribution in [0.4, 0.5) is 5.69 Å². The van der Waals surface area contributed by atoms with Gasteiger partial charge in [0.2, 0.25) is 15.9 Å². The molecule has 1 aromatic rings. The summed E-state index contributed by atoms with van der Waals surface area (Å²) in [6, 6.07) is 10.3. The Morgan fingerprint density at radius 2 is 1.62 bits per heavy atom. The van der Waals surface area contributed by atoms with Crippen LogP contribution in [0.25, 0.3) is 0 Å². The van der Waals surface area contributed by atoms with Gasteiger partial charge in [-0.3, -0.25) is 14.8 Å². The molecule has 206 valence electrons. The minimum Gasteiger partial charge on any atom is -0.381 e. The molecule has 0 aliphatic carbocycles. The number of hydrogen-bond acceptors (Lipinski definition) is 7. The third-order valence-electron chi connectivity index (χ3n) is 8.23. The van der Waals surface area contributed by atoms with Crippen molar-refractivity contribution in [3.8, 4) is 0 Å². The molecule has 3 fully saturated rings. The molecule has 10 nitrogen and oxygen atoms in total. The number of rotatable bonds is 9. The number of piperidine rings is 1. The molecule has 3 heterocycles. The van der Waals surface area contributed by atoms with E-state index in [1.165, 1.54) is 9.99 Å². The van der Waals surface area contributed by atoms with E-state index in [1.807, 2.05) is 23.1 Å². The molecule has 2 N–H and O–H groups in total. The first-order valence-corrected chi connectivity index (χ1v) is 14.9. The molecule has 0 aromatic heterocycles. The summed E-state index contributed by atoms with van der Waals surface area (Å²) in [7, 11) is -3.92. The zero-order chi connectivity index (χ0) is 26.3. The standard InChI is InChI=1S/C26H40N4O6S/c31-24(29-18-16-28(17-19-29)23-7-2-1-3-8-23)9-5-4-6-22-10-14-30(15-11-22)37(34,35)26(25(32)27-33)12-20-36-21-13-26/h1-3,7-8,22,33H,4-6,9-21H2,(H,27,32). The van der Waals surface area contributed by atoms with Crippen molar-refractivity contribution in [2.45, 2.75) is 56.1 Å². The van der Waals surface area contributed by atoms with Gasteiger partial charge in [0, 0.05) is 77.4 Å². The fraction of sp³-hybridized carbons (Fsp3) is 0.692. The van der Waals surface area contributed by atoms with Crippen LogP contribution >= 0.6 is 0 Å². The van der Waals surface area contributed by atoms with Crippen molar-refractivity contribution >= 4 is 27.5 Å². The van der Waals surface area contributed by atoms with E-state index in [2.05, 4.69) is 17.0 Å². The van der Waals surface area contributed by atoms with Gasteiger partial charge in [-0.05, 0) is 37.3 Å². The summed E-state index contributed by atoms with van der Waals surface area (Å²) in [6.07, 6.45) is 4.87. The number of amides is 2. The first-order valence-electron chi connectivity index (χ1n) is 13.5. The van der Waals surface area contributed by atoms with Crippen LogP contribution in [0.15, 0.2) is 30.3 Å². The van der Waals surface area contributed by atoms with Gasteiger partial charge in [0.15, 0.2) is 4.75 Å². The van der Waals surface area contributed by atoms with Gasteiger partial charge in [0.05, 0.1) is 0 Å². The molecule has 2 amide bonds. The lowest BCUT2D eigenvalue weighted by molar-refractivity contribution is -0.134. The summed E-state index contributed by atoms with van der Waals surface area (Å²) in [5.41, 5.74) is 2.77. The second-order valence-corrected chi connectivity index (χ2v) is 12.6. The number of nitrogens with zero attached hydrogens (tertiary/aromatic N) is 3. The monoisotopic (exact) mass is 536 g/mol. The highest BCUT2D eigenvalue weighted by molar-refractivity contribution is 7.91. The van der Waals surface area contributed by atoms with Crippen LogP contribution in [-0.4, -0.2) is 91.9 Å². The number of hydrogen-bond donors (Lipinski definition) is 2. The second-order valence-electron chi connectivity index (χ2n) is 10.3. The van der Waals surface area contributed by atoms with Gasteiger partial charge < -0.3 is 14.5 Å². The van der Waals surface area contributed by atoms with Crippen molar-refractivity contribution in [2.24, 2.45) is 5.92 Å². The van der Waals surface area contributed by atoms with E-state index in [0.29, 0.717) is 25.4 Å². The van der Waals surface area contributed by atoms with Crippen LogP contribution in [0.1, 0.15) is 51.4 Å². The number of sulfonamides is 1. The van der Waals surface area contributed by atoms with E-state index in [0.717, 1.165) is 58.3 Å². The lowest BCUT2D eigenvalue weighted by atomic mass is 9.92. The van der Waals surface area contributed by atoms with Crippen LogP contribution in [0.3, 0.4) is 0 Å². The largest absolute Gasteiger partial charge is 0.381 e. The lowest BCUT2D eigenvalue weighted by Crippen LogP contribution is -2.60. The maximum atomic E-state index is 13.4. The quantitative estimate of drug-likeness (QED) is 0.281. The molecule has 0 atom stereocenters. The van der Waals surface area contributed by atoms with Gasteiger partial charge in [-0.2, -0.15) is 0 Å². The van der Waals surface area contributed by atoms with Gasteiger partial charge in [-0.25, -0.2) is 18.2 Å². The molecule has 3 aliphatic heterocycles. The lowest BCUT2D eigenvalue weighted by Gasteiger charge is -2.40. The Bertz CT molecular complexity index is 999. The Hall–Kier alpha value is -2.21. The fourth-order valence-electron chi connectivity index (χ4n) is 5.81. The highest BCUT2D eigenvalue weighted by Crippen LogP contribution is 2.35. The van der Waals surface area contributed by atoms with Gasteiger partial charge in [-0.15, -0.1) is 0 Å². The Kier molecular flexibility index (Phi) is 9.44. The molecule has 0 bridgehead atoms. The number of ether oxygens (including phenoxy) is 1. The zero-order valence-corrected chi connectivity index (χ0v) is 22.3. The molecule has 37 heavy (non-hydrogen) atoms. The van der Waals surface area contributed by atoms with Gasteiger partial charge in [0.25, 0.3) is 5.91 Å². The van der Waals surface area contributed by atoms with Gasteiger partial charge >= 0.3 is 0 Å². The zero-order valence-electron chi connectivity index (χ0n) is 21.5. The summed E-state index contributed by atoms with van der Waals surface area (Å²) in [6.45, 7) is 4.30. The molecule has 1 aromatic carbocycles. The third kappa shape index (κ3) is 6.27. The van der Waals surface area contributed by atoms with E-state index in [-0.39, 0.29) is 32.0 Å². The smallest absolute Gasteiger partial charge is 0.266 e. The number of unbranched alkanes of at least 4 members (excludes halogenated alkanes) is 1. The third-order valence-corrected chi connectivity index (χ3v) is 10.9. The van der Waals surface area contributed by atoms with E-state index in [1.54, 1.807) is 5.48 Å². The Labute approximate surface area is 219 Å². The first-order chi connectivity index (χ1) is 17.9. The number of anilines is 1. The van der Waals surface area contributed by atoms with Gasteiger partial charge in [-0.1, -0.05) is 31.0 Å². The molecule has 0 saturated carbocycles. The van der Waals surface area contributed by atoms with Crippen molar-refractivity contribution in [1.82, 2.24) is 14.7 Å². The highest BCUT2D eigenvalue weighted by Gasteiger charge is 2.54. The molecule has 3 saturated heterocycles. The topological polar surface area (TPSA) is 119 Å². The van der Waals surface area contributed by atoms with Crippen LogP contribution in [0.5, 0.6) is 0 Å². The first kappa shape index (κ1) is 27.8. The van der Waals surface area contributed by atoms with E-state index < -0.39 is 20.7 Å². The average Bonchev–Trinajstić information content (AvgIpc) is 2.96. The van der Waals surface area contributed by atoms with Gasteiger partial charge in [0.1, 0.15) is 0 Å². The van der Waals surface area contributed by atoms with Crippen molar-refractivity contribution in [3.63, 3.8) is 0 Å². The average molecular weight is 537 g/mol. The number of benzene rings is 1. The molecule has 0 radical (unpaired) electrons.